The van der Waals surface area contributed by atoms with Crippen molar-refractivity contribution in [2.45, 2.75) is 0 Å². The SMILES string of the molecule is Cn1nccc1-c1ccc(F)cc1N. The van der Waals surface area contributed by atoms with Crippen molar-refractivity contribution >= 4 is 5.69 Å². The minimum Gasteiger partial charge on any atom is -0.398 e. The van der Waals surface area contributed by atoms with Gasteiger partial charge in [0.2, 0.25) is 0 Å². The maximum Gasteiger partial charge on any atom is 0.125 e. The predicted octanol–water partition coefficient (Wildman–Crippen LogP) is 1.81. The Morgan fingerprint density at radius 2 is 2.14 bits per heavy atom. The van der Waals surface area contributed by atoms with Crippen LogP contribution in [0.4, 0.5) is 10.1 Å². The summed E-state index contributed by atoms with van der Waals surface area (Å²) in [7, 11) is 1.82. The molecule has 0 amide bonds. The zero-order valence-electron chi connectivity index (χ0n) is 7.74. The highest BCUT2D eigenvalue weighted by atomic mass is 19.1. The number of aryl methyl sites for hydroxylation is 1. The number of rotatable bonds is 1. The van der Waals surface area contributed by atoms with Crippen molar-refractivity contribution in [1.29, 1.82) is 0 Å². The van der Waals surface area contributed by atoms with Gasteiger partial charge in [-0.25, -0.2) is 4.39 Å². The molecule has 0 atom stereocenters. The van der Waals surface area contributed by atoms with Gasteiger partial charge >= 0.3 is 0 Å². The smallest absolute Gasteiger partial charge is 0.125 e. The van der Waals surface area contributed by atoms with Crippen molar-refractivity contribution < 1.29 is 4.39 Å². The van der Waals surface area contributed by atoms with Crippen LogP contribution in [0.15, 0.2) is 30.5 Å². The van der Waals surface area contributed by atoms with Crippen LogP contribution in [0.1, 0.15) is 0 Å². The molecule has 0 aliphatic rings. The molecule has 0 radical (unpaired) electrons. The molecule has 72 valence electrons. The van der Waals surface area contributed by atoms with Crippen molar-refractivity contribution in [2.75, 3.05) is 5.73 Å². The van der Waals surface area contributed by atoms with E-state index in [1.807, 2.05) is 13.1 Å². The standard InChI is InChI=1S/C10H10FN3/c1-14-10(4-5-13-14)8-3-2-7(11)6-9(8)12/h2-6H,12H2,1H3. The van der Waals surface area contributed by atoms with Crippen LogP contribution >= 0.6 is 0 Å². The van der Waals surface area contributed by atoms with Crippen molar-refractivity contribution in [1.82, 2.24) is 9.78 Å². The summed E-state index contributed by atoms with van der Waals surface area (Å²) < 4.78 is 14.5. The Morgan fingerprint density at radius 1 is 1.36 bits per heavy atom. The highest BCUT2D eigenvalue weighted by Crippen LogP contribution is 2.25. The van der Waals surface area contributed by atoms with Crippen molar-refractivity contribution in [3.63, 3.8) is 0 Å². The quantitative estimate of drug-likeness (QED) is 0.698. The lowest BCUT2D eigenvalue weighted by Crippen LogP contribution is -1.97. The van der Waals surface area contributed by atoms with E-state index < -0.39 is 0 Å². The molecule has 0 aliphatic carbocycles. The zero-order chi connectivity index (χ0) is 10.1. The molecule has 2 N–H and O–H groups in total. The lowest BCUT2D eigenvalue weighted by atomic mass is 10.1. The first-order chi connectivity index (χ1) is 6.68. The topological polar surface area (TPSA) is 43.8 Å². The Kier molecular flexibility index (Phi) is 1.96. The third-order valence-electron chi connectivity index (χ3n) is 2.11. The van der Waals surface area contributed by atoms with Gasteiger partial charge in [-0.3, -0.25) is 4.68 Å². The maximum absolute atomic E-state index is 12.8. The molecule has 0 spiro atoms. The molecular formula is C10H10FN3. The third-order valence-corrected chi connectivity index (χ3v) is 2.11. The fourth-order valence-corrected chi connectivity index (χ4v) is 1.40. The number of anilines is 1. The van der Waals surface area contributed by atoms with E-state index in [4.69, 9.17) is 5.73 Å². The summed E-state index contributed by atoms with van der Waals surface area (Å²) in [6.07, 6.45) is 1.68. The molecule has 0 saturated carbocycles. The van der Waals surface area contributed by atoms with Crippen LogP contribution in [0, 0.1) is 5.82 Å². The second-order valence-electron chi connectivity index (χ2n) is 3.07. The first kappa shape index (κ1) is 8.74. The summed E-state index contributed by atoms with van der Waals surface area (Å²) in [5.74, 6) is -0.326. The Morgan fingerprint density at radius 3 is 2.71 bits per heavy atom. The minimum absolute atomic E-state index is 0.326. The van der Waals surface area contributed by atoms with E-state index in [0.717, 1.165) is 11.3 Å². The van der Waals surface area contributed by atoms with E-state index in [1.54, 1.807) is 16.9 Å². The number of benzene rings is 1. The van der Waals surface area contributed by atoms with E-state index in [2.05, 4.69) is 5.10 Å². The van der Waals surface area contributed by atoms with Gasteiger partial charge in [-0.1, -0.05) is 0 Å². The average Bonchev–Trinajstić information content (AvgIpc) is 2.52. The monoisotopic (exact) mass is 191 g/mol. The Bertz CT molecular complexity index is 462. The van der Waals surface area contributed by atoms with E-state index in [1.165, 1.54) is 12.1 Å². The van der Waals surface area contributed by atoms with Crippen molar-refractivity contribution in [3.8, 4) is 11.3 Å². The van der Waals surface area contributed by atoms with Crippen LogP contribution in [-0.2, 0) is 7.05 Å². The first-order valence-electron chi connectivity index (χ1n) is 4.22. The predicted molar refractivity (Wildman–Crippen MR) is 53.0 cm³/mol. The highest BCUT2D eigenvalue weighted by molar-refractivity contribution is 5.73. The maximum atomic E-state index is 12.8. The second kappa shape index (κ2) is 3.14. The molecule has 0 unspecified atom stereocenters. The molecule has 14 heavy (non-hydrogen) atoms. The number of aromatic nitrogens is 2. The van der Waals surface area contributed by atoms with E-state index in [-0.39, 0.29) is 5.82 Å². The molecule has 3 nitrogen and oxygen atoms in total. The van der Waals surface area contributed by atoms with Crippen LogP contribution in [-0.4, -0.2) is 9.78 Å². The lowest BCUT2D eigenvalue weighted by Gasteiger charge is -2.05. The largest absolute Gasteiger partial charge is 0.398 e. The summed E-state index contributed by atoms with van der Waals surface area (Å²) in [4.78, 5) is 0. The Hall–Kier alpha value is -1.84. The number of hydrogen-bond donors (Lipinski definition) is 1. The Balaban J connectivity index is 2.58. The molecule has 0 aliphatic heterocycles. The Labute approximate surface area is 81.0 Å². The molecule has 1 heterocycles. The fourth-order valence-electron chi connectivity index (χ4n) is 1.40. The normalized spacial score (nSPS) is 10.4. The van der Waals surface area contributed by atoms with Gasteiger partial charge in [0.25, 0.3) is 0 Å². The number of halogens is 1. The highest BCUT2D eigenvalue weighted by Gasteiger charge is 2.06. The van der Waals surface area contributed by atoms with E-state index in [9.17, 15) is 4.39 Å². The summed E-state index contributed by atoms with van der Waals surface area (Å²) in [5.41, 5.74) is 7.80. The molecule has 4 heteroatoms. The summed E-state index contributed by atoms with van der Waals surface area (Å²) in [6, 6.07) is 6.19. The molecule has 0 saturated heterocycles. The van der Waals surface area contributed by atoms with Crippen LogP contribution in [0.3, 0.4) is 0 Å². The van der Waals surface area contributed by atoms with Gasteiger partial charge in [-0.15, -0.1) is 0 Å². The summed E-state index contributed by atoms with van der Waals surface area (Å²) in [5, 5.41) is 4.02. The lowest BCUT2D eigenvalue weighted by molar-refractivity contribution is 0.628. The first-order valence-corrected chi connectivity index (χ1v) is 4.22. The zero-order valence-corrected chi connectivity index (χ0v) is 7.74. The van der Waals surface area contributed by atoms with Gasteiger partial charge in [-0.2, -0.15) is 5.10 Å². The second-order valence-corrected chi connectivity index (χ2v) is 3.07. The fraction of sp³-hybridized carbons (Fsp3) is 0.100. The molecule has 1 aromatic heterocycles. The number of nitrogens with two attached hydrogens (primary N) is 1. The third kappa shape index (κ3) is 1.35. The van der Waals surface area contributed by atoms with Crippen molar-refractivity contribution in [2.24, 2.45) is 7.05 Å². The van der Waals surface area contributed by atoms with Gasteiger partial charge in [0.05, 0.1) is 5.69 Å². The van der Waals surface area contributed by atoms with E-state index >= 15 is 0 Å². The molecular weight excluding hydrogens is 181 g/mol. The van der Waals surface area contributed by atoms with Crippen LogP contribution < -0.4 is 5.73 Å². The van der Waals surface area contributed by atoms with Crippen LogP contribution in [0.2, 0.25) is 0 Å². The minimum atomic E-state index is -0.326. The molecule has 0 fully saturated rings. The number of nitrogen functional groups attached to an aromatic ring is 1. The average molecular weight is 191 g/mol. The van der Waals surface area contributed by atoms with E-state index in [0.29, 0.717) is 5.69 Å². The molecule has 2 aromatic rings. The van der Waals surface area contributed by atoms with Gasteiger partial charge in [0, 0.05) is 24.5 Å². The van der Waals surface area contributed by atoms with Gasteiger partial charge in [0.1, 0.15) is 5.82 Å². The van der Waals surface area contributed by atoms with Gasteiger partial charge in [0.15, 0.2) is 0 Å². The number of hydrogen-bond acceptors (Lipinski definition) is 2. The van der Waals surface area contributed by atoms with Crippen LogP contribution in [0.25, 0.3) is 11.3 Å². The summed E-state index contributed by atoms with van der Waals surface area (Å²) >= 11 is 0. The summed E-state index contributed by atoms with van der Waals surface area (Å²) in [6.45, 7) is 0. The molecule has 1 aromatic carbocycles. The van der Waals surface area contributed by atoms with Gasteiger partial charge < -0.3 is 5.73 Å². The molecule has 2 rings (SSSR count). The van der Waals surface area contributed by atoms with Crippen molar-refractivity contribution in [3.05, 3.63) is 36.3 Å². The van der Waals surface area contributed by atoms with Gasteiger partial charge in [-0.05, 0) is 24.3 Å². The number of nitrogens with zero attached hydrogens (tertiary/aromatic N) is 2. The van der Waals surface area contributed by atoms with Crippen LogP contribution in [0.5, 0.6) is 0 Å². The molecule has 0 bridgehead atoms.